The minimum Gasteiger partial charge on any atom is -0.381 e. The van der Waals surface area contributed by atoms with Crippen LogP contribution in [0.15, 0.2) is 53.0 Å². The van der Waals surface area contributed by atoms with E-state index in [0.29, 0.717) is 16.6 Å². The summed E-state index contributed by atoms with van der Waals surface area (Å²) in [4.78, 5) is 10.6. The number of nitrogens with zero attached hydrogens (tertiary/aromatic N) is 1. The highest BCUT2D eigenvalue weighted by Crippen LogP contribution is 2.24. The van der Waals surface area contributed by atoms with E-state index < -0.39 is 0 Å². The number of para-hydroxylation sites is 1. The zero-order valence-corrected chi connectivity index (χ0v) is 11.1. The largest absolute Gasteiger partial charge is 0.381 e. The Kier molecular flexibility index (Phi) is 3.94. The van der Waals surface area contributed by atoms with Crippen LogP contribution in [0.25, 0.3) is 0 Å². The molecule has 1 N–H and O–H groups in total. The molecule has 18 heavy (non-hydrogen) atoms. The first kappa shape index (κ1) is 12.6. The van der Waals surface area contributed by atoms with E-state index in [1.807, 2.05) is 30.3 Å². The summed E-state index contributed by atoms with van der Waals surface area (Å²) in [6.07, 6.45) is 0. The Hall–Kier alpha value is -1.88. The summed E-state index contributed by atoms with van der Waals surface area (Å²) in [7, 11) is 0. The molecule has 0 aliphatic rings. The molecule has 2 aromatic rings. The van der Waals surface area contributed by atoms with E-state index in [-0.39, 0.29) is 10.6 Å². The van der Waals surface area contributed by atoms with Crippen molar-refractivity contribution < 1.29 is 4.92 Å². The Balaban J connectivity index is 2.17. The third-order valence-corrected chi connectivity index (χ3v) is 2.99. The molecule has 0 saturated carbocycles. The highest BCUT2D eigenvalue weighted by Gasteiger charge is 2.13. The fourth-order valence-corrected chi connectivity index (χ4v) is 1.96. The number of benzene rings is 2. The Labute approximate surface area is 113 Å². The van der Waals surface area contributed by atoms with Gasteiger partial charge in [0.05, 0.1) is 4.92 Å². The van der Waals surface area contributed by atoms with Gasteiger partial charge in [-0.25, -0.2) is 0 Å². The quantitative estimate of drug-likeness (QED) is 0.687. The minimum absolute atomic E-state index is 0.118. The van der Waals surface area contributed by atoms with E-state index in [0.717, 1.165) is 5.69 Å². The highest BCUT2D eigenvalue weighted by molar-refractivity contribution is 9.10. The first-order valence-corrected chi connectivity index (χ1v) is 6.18. The average molecular weight is 307 g/mol. The van der Waals surface area contributed by atoms with E-state index in [1.165, 1.54) is 6.07 Å². The van der Waals surface area contributed by atoms with E-state index in [1.54, 1.807) is 12.1 Å². The van der Waals surface area contributed by atoms with Gasteiger partial charge in [-0.05, 0) is 24.3 Å². The second-order valence-corrected chi connectivity index (χ2v) is 4.67. The van der Waals surface area contributed by atoms with Gasteiger partial charge in [0.1, 0.15) is 0 Å². The van der Waals surface area contributed by atoms with Crippen LogP contribution in [0.2, 0.25) is 0 Å². The zero-order valence-electron chi connectivity index (χ0n) is 9.47. The predicted octanol–water partition coefficient (Wildman–Crippen LogP) is 3.97. The molecule has 2 aromatic carbocycles. The van der Waals surface area contributed by atoms with Crippen molar-refractivity contribution in [1.29, 1.82) is 0 Å². The van der Waals surface area contributed by atoms with Crippen molar-refractivity contribution in [2.45, 2.75) is 6.54 Å². The van der Waals surface area contributed by atoms with Crippen LogP contribution in [0.5, 0.6) is 0 Å². The fraction of sp³-hybridized carbons (Fsp3) is 0.0769. The second kappa shape index (κ2) is 5.64. The Morgan fingerprint density at radius 2 is 1.89 bits per heavy atom. The van der Waals surface area contributed by atoms with Gasteiger partial charge in [-0.3, -0.25) is 10.1 Å². The Morgan fingerprint density at radius 3 is 2.56 bits per heavy atom. The predicted molar refractivity (Wildman–Crippen MR) is 74.6 cm³/mol. The number of rotatable bonds is 4. The van der Waals surface area contributed by atoms with Gasteiger partial charge in [0.15, 0.2) is 0 Å². The topological polar surface area (TPSA) is 55.2 Å². The van der Waals surface area contributed by atoms with Gasteiger partial charge in [-0.1, -0.05) is 34.1 Å². The number of nitrogens with one attached hydrogen (secondary N) is 1. The van der Waals surface area contributed by atoms with E-state index >= 15 is 0 Å². The number of hydrogen-bond donors (Lipinski definition) is 1. The van der Waals surface area contributed by atoms with E-state index in [9.17, 15) is 10.1 Å². The lowest BCUT2D eigenvalue weighted by Crippen LogP contribution is -2.02. The number of halogens is 1. The van der Waals surface area contributed by atoms with Crippen molar-refractivity contribution in [2.75, 3.05) is 5.32 Å². The molecule has 4 nitrogen and oxygen atoms in total. The standard InChI is InChI=1S/C13H11BrN2O2/c14-11-7-6-10(13(8-11)16(17)18)9-15-12-4-2-1-3-5-12/h1-8,15H,9H2. The van der Waals surface area contributed by atoms with Crippen LogP contribution in [0.4, 0.5) is 11.4 Å². The van der Waals surface area contributed by atoms with Crippen molar-refractivity contribution >= 4 is 27.3 Å². The van der Waals surface area contributed by atoms with Gasteiger partial charge in [0.25, 0.3) is 5.69 Å². The van der Waals surface area contributed by atoms with Crippen LogP contribution < -0.4 is 5.32 Å². The van der Waals surface area contributed by atoms with Gasteiger partial charge in [0.2, 0.25) is 0 Å². The van der Waals surface area contributed by atoms with Crippen molar-refractivity contribution in [3.05, 3.63) is 68.7 Å². The monoisotopic (exact) mass is 306 g/mol. The third-order valence-electron chi connectivity index (χ3n) is 2.50. The normalized spacial score (nSPS) is 10.1. The number of nitro groups is 1. The minimum atomic E-state index is -0.368. The summed E-state index contributed by atoms with van der Waals surface area (Å²) in [5.41, 5.74) is 1.72. The van der Waals surface area contributed by atoms with Crippen LogP contribution in [0.3, 0.4) is 0 Å². The third kappa shape index (κ3) is 3.07. The van der Waals surface area contributed by atoms with Crippen LogP contribution in [-0.4, -0.2) is 4.92 Å². The molecule has 0 aliphatic heterocycles. The van der Waals surface area contributed by atoms with Gasteiger partial charge in [0, 0.05) is 28.3 Å². The summed E-state index contributed by atoms with van der Waals surface area (Å²) in [5, 5.41) is 14.1. The molecule has 0 spiro atoms. The van der Waals surface area contributed by atoms with Gasteiger partial charge >= 0.3 is 0 Å². The second-order valence-electron chi connectivity index (χ2n) is 3.75. The summed E-state index contributed by atoms with van der Waals surface area (Å²) in [6, 6.07) is 14.7. The molecule has 0 aromatic heterocycles. The summed E-state index contributed by atoms with van der Waals surface area (Å²) in [6.45, 7) is 0.424. The first-order valence-electron chi connectivity index (χ1n) is 5.38. The lowest BCUT2D eigenvalue weighted by molar-refractivity contribution is -0.385. The maximum absolute atomic E-state index is 10.9. The lowest BCUT2D eigenvalue weighted by Gasteiger charge is -2.07. The smallest absolute Gasteiger partial charge is 0.275 e. The lowest BCUT2D eigenvalue weighted by atomic mass is 10.2. The van der Waals surface area contributed by atoms with E-state index in [4.69, 9.17) is 0 Å². The van der Waals surface area contributed by atoms with Gasteiger partial charge in [-0.15, -0.1) is 0 Å². The molecule has 0 radical (unpaired) electrons. The molecule has 2 rings (SSSR count). The van der Waals surface area contributed by atoms with Crippen molar-refractivity contribution in [3.63, 3.8) is 0 Å². The van der Waals surface area contributed by atoms with Crippen molar-refractivity contribution in [1.82, 2.24) is 0 Å². The molecule has 0 fully saturated rings. The van der Waals surface area contributed by atoms with Crippen molar-refractivity contribution in [3.8, 4) is 0 Å². The molecule has 0 aliphatic carbocycles. The average Bonchev–Trinajstić information content (AvgIpc) is 2.38. The molecule has 0 heterocycles. The maximum atomic E-state index is 10.9. The Bertz CT molecular complexity index is 558. The maximum Gasteiger partial charge on any atom is 0.275 e. The summed E-state index contributed by atoms with van der Waals surface area (Å²) < 4.78 is 0.706. The Morgan fingerprint density at radius 1 is 1.17 bits per heavy atom. The first-order chi connectivity index (χ1) is 8.66. The number of hydrogen-bond acceptors (Lipinski definition) is 3. The number of nitro benzene ring substituents is 1. The van der Waals surface area contributed by atoms with Crippen LogP contribution in [0, 0.1) is 10.1 Å². The molecule has 0 atom stereocenters. The van der Waals surface area contributed by atoms with Crippen LogP contribution in [0.1, 0.15) is 5.56 Å². The van der Waals surface area contributed by atoms with E-state index in [2.05, 4.69) is 21.2 Å². The number of anilines is 1. The highest BCUT2D eigenvalue weighted by atomic mass is 79.9. The molecular weight excluding hydrogens is 296 g/mol. The summed E-state index contributed by atoms with van der Waals surface area (Å²) >= 11 is 3.24. The van der Waals surface area contributed by atoms with Crippen LogP contribution in [-0.2, 0) is 6.54 Å². The molecule has 5 heteroatoms. The molecule has 0 unspecified atom stereocenters. The molecule has 0 bridgehead atoms. The molecular formula is C13H11BrN2O2. The van der Waals surface area contributed by atoms with Crippen LogP contribution >= 0.6 is 15.9 Å². The SMILES string of the molecule is O=[N+]([O-])c1cc(Br)ccc1CNc1ccccc1. The van der Waals surface area contributed by atoms with Gasteiger partial charge < -0.3 is 5.32 Å². The van der Waals surface area contributed by atoms with Crippen molar-refractivity contribution in [2.24, 2.45) is 0 Å². The fourth-order valence-electron chi connectivity index (χ4n) is 1.61. The zero-order chi connectivity index (χ0) is 13.0. The molecule has 92 valence electrons. The van der Waals surface area contributed by atoms with Gasteiger partial charge in [-0.2, -0.15) is 0 Å². The summed E-state index contributed by atoms with van der Waals surface area (Å²) in [5.74, 6) is 0. The molecule has 0 amide bonds. The molecule has 0 saturated heterocycles.